The minimum absolute atomic E-state index is 0.290. The average molecular weight is 439 g/mol. The van der Waals surface area contributed by atoms with Crippen LogP contribution in [0.2, 0.25) is 0 Å². The Bertz CT molecular complexity index is 1220. The van der Waals surface area contributed by atoms with E-state index in [1.54, 1.807) is 25.1 Å². The molecule has 0 fully saturated rings. The van der Waals surface area contributed by atoms with E-state index in [1.165, 1.54) is 0 Å². The van der Waals surface area contributed by atoms with E-state index in [0.29, 0.717) is 17.1 Å². The fraction of sp³-hybridized carbons (Fsp3) is 0.304. The molecule has 3 aromatic rings. The lowest BCUT2D eigenvalue weighted by Gasteiger charge is -2.11. The molecule has 7 nitrogen and oxygen atoms in total. The van der Waals surface area contributed by atoms with Crippen LogP contribution in [0.1, 0.15) is 41.0 Å². The van der Waals surface area contributed by atoms with Gasteiger partial charge in [-0.05, 0) is 43.9 Å². The number of imidazole rings is 1. The Balaban J connectivity index is 1.68. The maximum atomic E-state index is 13.2. The lowest BCUT2D eigenvalue weighted by atomic mass is 10.1. The molecular formula is C23H26N4O3S. The topological polar surface area (TPSA) is 93.1 Å². The third-order valence-corrected chi connectivity index (χ3v) is 6.00. The van der Waals surface area contributed by atoms with Gasteiger partial charge in [-0.2, -0.15) is 0 Å². The van der Waals surface area contributed by atoms with Gasteiger partial charge in [-0.3, -0.25) is 9.52 Å². The van der Waals surface area contributed by atoms with Crippen molar-refractivity contribution < 1.29 is 13.2 Å². The van der Waals surface area contributed by atoms with E-state index in [9.17, 15) is 13.2 Å². The largest absolute Gasteiger partial charge is 0.327 e. The first-order valence-electron chi connectivity index (χ1n) is 10.4. The van der Waals surface area contributed by atoms with E-state index in [2.05, 4.69) is 14.6 Å². The average Bonchev–Trinajstić information content (AvgIpc) is 2.91. The molecule has 0 unspecified atom stereocenters. The zero-order valence-electron chi connectivity index (χ0n) is 17.7. The first-order valence-corrected chi connectivity index (χ1v) is 12.3. The second-order valence-corrected chi connectivity index (χ2v) is 9.67. The van der Waals surface area contributed by atoms with E-state index >= 15 is 0 Å². The second-order valence-electron chi connectivity index (χ2n) is 7.92. The fourth-order valence-corrected chi connectivity index (χ4v) is 4.53. The van der Waals surface area contributed by atoms with Crippen molar-refractivity contribution in [3.8, 4) is 11.4 Å². The van der Waals surface area contributed by atoms with Crippen LogP contribution in [0.25, 0.3) is 11.4 Å². The first kappa shape index (κ1) is 21.1. The van der Waals surface area contributed by atoms with Crippen LogP contribution in [-0.2, 0) is 23.0 Å². The summed E-state index contributed by atoms with van der Waals surface area (Å²) in [5.41, 5.74) is 4.09. The number of benzene rings is 2. The van der Waals surface area contributed by atoms with Gasteiger partial charge in [-0.15, -0.1) is 0 Å². The number of anilines is 2. The van der Waals surface area contributed by atoms with E-state index in [0.717, 1.165) is 61.1 Å². The fourth-order valence-electron chi connectivity index (χ4n) is 3.91. The number of carbonyl (C=O) groups excluding carboxylic acids is 1. The summed E-state index contributed by atoms with van der Waals surface area (Å²) in [5.74, 6) is 0.521. The van der Waals surface area contributed by atoms with Gasteiger partial charge in [0, 0.05) is 17.8 Å². The monoisotopic (exact) mass is 438 g/mol. The molecular weight excluding hydrogens is 412 g/mol. The molecule has 8 heteroatoms. The van der Waals surface area contributed by atoms with Gasteiger partial charge in [-0.1, -0.05) is 42.8 Å². The van der Waals surface area contributed by atoms with Gasteiger partial charge in [0.05, 0.1) is 17.6 Å². The smallest absolute Gasteiger partial charge is 0.276 e. The van der Waals surface area contributed by atoms with Crippen LogP contribution in [0.4, 0.5) is 11.4 Å². The number of amides is 1. The van der Waals surface area contributed by atoms with Crippen LogP contribution in [0, 0.1) is 6.92 Å². The van der Waals surface area contributed by atoms with Crippen LogP contribution < -0.4 is 10.0 Å². The van der Waals surface area contributed by atoms with Crippen molar-refractivity contribution in [2.75, 3.05) is 16.3 Å². The van der Waals surface area contributed by atoms with Crippen LogP contribution in [0.15, 0.2) is 48.5 Å². The van der Waals surface area contributed by atoms with Crippen molar-refractivity contribution in [2.24, 2.45) is 0 Å². The number of hydrogen-bond acceptors (Lipinski definition) is 4. The normalized spacial score (nSPS) is 13.9. The maximum Gasteiger partial charge on any atom is 0.276 e. The lowest BCUT2D eigenvalue weighted by Crippen LogP contribution is -2.16. The molecule has 2 N–H and O–H groups in total. The summed E-state index contributed by atoms with van der Waals surface area (Å²) in [6.45, 7) is 2.65. The third kappa shape index (κ3) is 4.80. The Hall–Kier alpha value is -3.13. The maximum absolute atomic E-state index is 13.2. The van der Waals surface area contributed by atoms with E-state index in [-0.39, 0.29) is 5.91 Å². The number of fused-ring (bicyclic) bond motifs is 1. The highest BCUT2D eigenvalue weighted by atomic mass is 32.2. The van der Waals surface area contributed by atoms with E-state index < -0.39 is 10.0 Å². The number of aryl methyl sites for hydroxylation is 1. The molecule has 0 saturated carbocycles. The number of rotatable bonds is 5. The molecule has 31 heavy (non-hydrogen) atoms. The Morgan fingerprint density at radius 1 is 1.06 bits per heavy atom. The second kappa shape index (κ2) is 8.55. The van der Waals surface area contributed by atoms with Gasteiger partial charge in [0.2, 0.25) is 10.0 Å². The van der Waals surface area contributed by atoms with Gasteiger partial charge in [0.1, 0.15) is 11.5 Å². The predicted molar refractivity (Wildman–Crippen MR) is 123 cm³/mol. The van der Waals surface area contributed by atoms with Gasteiger partial charge in [-0.25, -0.2) is 13.4 Å². The number of carbonyl (C=O) groups is 1. The van der Waals surface area contributed by atoms with Crippen molar-refractivity contribution in [1.29, 1.82) is 0 Å². The zero-order valence-corrected chi connectivity index (χ0v) is 18.5. The quantitative estimate of drug-likeness (QED) is 0.624. The van der Waals surface area contributed by atoms with E-state index in [4.69, 9.17) is 4.98 Å². The predicted octanol–water partition coefficient (Wildman–Crippen LogP) is 4.21. The number of sulfonamides is 1. The standard InChI is InChI=1S/C23H26N4O3S/c1-16-12-13-18(15-19(16)26-31(2,29)30)24-23(28)21-20-11-7-4-8-14-27(20)22(25-21)17-9-5-3-6-10-17/h3,5-6,9-10,12-13,15,26H,4,7-8,11,14H2,1-2H3,(H,24,28). The highest BCUT2D eigenvalue weighted by molar-refractivity contribution is 7.92. The van der Waals surface area contributed by atoms with Gasteiger partial charge in [0.15, 0.2) is 0 Å². The molecule has 2 aromatic carbocycles. The summed E-state index contributed by atoms with van der Waals surface area (Å²) in [4.78, 5) is 17.9. The van der Waals surface area contributed by atoms with Crippen molar-refractivity contribution in [2.45, 2.75) is 39.2 Å². The summed E-state index contributed by atoms with van der Waals surface area (Å²) < 4.78 is 27.9. The van der Waals surface area contributed by atoms with Crippen LogP contribution in [0.3, 0.4) is 0 Å². The summed E-state index contributed by atoms with van der Waals surface area (Å²) in [6, 6.07) is 15.1. The third-order valence-electron chi connectivity index (χ3n) is 5.41. The Morgan fingerprint density at radius 2 is 1.84 bits per heavy atom. The van der Waals surface area contributed by atoms with Crippen molar-refractivity contribution in [3.63, 3.8) is 0 Å². The Morgan fingerprint density at radius 3 is 2.58 bits per heavy atom. The zero-order chi connectivity index (χ0) is 22.0. The van der Waals surface area contributed by atoms with Gasteiger partial charge < -0.3 is 9.88 Å². The Labute approximate surface area is 182 Å². The first-order chi connectivity index (χ1) is 14.8. The molecule has 162 valence electrons. The molecule has 1 amide bonds. The Kier molecular flexibility index (Phi) is 5.82. The van der Waals surface area contributed by atoms with Crippen LogP contribution >= 0.6 is 0 Å². The minimum atomic E-state index is -3.42. The molecule has 0 saturated heterocycles. The number of nitrogens with zero attached hydrogens (tertiary/aromatic N) is 2. The minimum Gasteiger partial charge on any atom is -0.327 e. The summed E-state index contributed by atoms with van der Waals surface area (Å²) in [6.07, 6.45) is 5.10. The van der Waals surface area contributed by atoms with Crippen LogP contribution in [-0.4, -0.2) is 30.1 Å². The highest BCUT2D eigenvalue weighted by Gasteiger charge is 2.24. The van der Waals surface area contributed by atoms with Crippen molar-refractivity contribution >= 4 is 27.3 Å². The molecule has 1 aliphatic rings. The van der Waals surface area contributed by atoms with E-state index in [1.807, 2.05) is 30.3 Å². The molecule has 2 heterocycles. The number of hydrogen-bond donors (Lipinski definition) is 2. The SMILES string of the molecule is Cc1ccc(NC(=O)c2nc(-c3ccccc3)n3c2CCCCC3)cc1NS(C)(=O)=O. The van der Waals surface area contributed by atoms with Crippen LogP contribution in [0.5, 0.6) is 0 Å². The molecule has 0 bridgehead atoms. The molecule has 4 rings (SSSR count). The molecule has 0 radical (unpaired) electrons. The van der Waals surface area contributed by atoms with Crippen molar-refractivity contribution in [3.05, 3.63) is 65.5 Å². The van der Waals surface area contributed by atoms with Gasteiger partial charge >= 0.3 is 0 Å². The highest BCUT2D eigenvalue weighted by Crippen LogP contribution is 2.28. The molecule has 0 atom stereocenters. The molecule has 0 spiro atoms. The summed E-state index contributed by atoms with van der Waals surface area (Å²) in [7, 11) is -3.42. The number of aromatic nitrogens is 2. The summed E-state index contributed by atoms with van der Waals surface area (Å²) in [5, 5.41) is 2.90. The number of nitrogens with one attached hydrogen (secondary N) is 2. The molecule has 1 aliphatic heterocycles. The molecule has 0 aliphatic carbocycles. The lowest BCUT2D eigenvalue weighted by molar-refractivity contribution is 0.102. The van der Waals surface area contributed by atoms with Crippen molar-refractivity contribution in [1.82, 2.24) is 9.55 Å². The molecule has 1 aromatic heterocycles. The summed E-state index contributed by atoms with van der Waals surface area (Å²) >= 11 is 0. The van der Waals surface area contributed by atoms with Gasteiger partial charge in [0.25, 0.3) is 5.91 Å².